The van der Waals surface area contributed by atoms with Gasteiger partial charge in [-0.05, 0) is 30.7 Å². The van der Waals surface area contributed by atoms with E-state index < -0.39 is 29.2 Å². The summed E-state index contributed by atoms with van der Waals surface area (Å²) in [7, 11) is 0. The Morgan fingerprint density at radius 2 is 2.00 bits per heavy atom. The lowest BCUT2D eigenvalue weighted by atomic mass is 10.2. The number of benzene rings is 2. The van der Waals surface area contributed by atoms with E-state index in [0.29, 0.717) is 5.56 Å². The lowest BCUT2D eigenvalue weighted by Gasteiger charge is -2.09. The second-order valence-corrected chi connectivity index (χ2v) is 5.41. The molecule has 9 heteroatoms. The lowest BCUT2D eigenvalue weighted by molar-refractivity contribution is -0.384. The molecule has 0 fully saturated rings. The average molecular weight is 367 g/mol. The quantitative estimate of drug-likeness (QED) is 0.496. The molecule has 130 valence electrons. The second-order valence-electron chi connectivity index (χ2n) is 5.00. The SMILES string of the molecule is Cc1ccc(F)cc1NC(=O)COC(=O)c1cc([N+](=O)[O-])ccc1Cl. The Morgan fingerprint density at radius 1 is 1.28 bits per heavy atom. The maximum absolute atomic E-state index is 13.2. The minimum atomic E-state index is -0.986. The number of carbonyl (C=O) groups excluding carboxylic acids is 2. The predicted octanol–water partition coefficient (Wildman–Crippen LogP) is 3.49. The number of anilines is 1. The van der Waals surface area contributed by atoms with E-state index in [-0.39, 0.29) is 22.0 Å². The van der Waals surface area contributed by atoms with Gasteiger partial charge in [-0.15, -0.1) is 0 Å². The number of amides is 1. The van der Waals surface area contributed by atoms with E-state index in [1.807, 2.05) is 0 Å². The molecule has 0 unspecified atom stereocenters. The Labute approximate surface area is 146 Å². The highest BCUT2D eigenvalue weighted by molar-refractivity contribution is 6.33. The van der Waals surface area contributed by atoms with Crippen LogP contribution in [-0.4, -0.2) is 23.4 Å². The monoisotopic (exact) mass is 366 g/mol. The van der Waals surface area contributed by atoms with Gasteiger partial charge < -0.3 is 10.1 Å². The molecule has 0 aliphatic heterocycles. The molecule has 7 nitrogen and oxygen atoms in total. The van der Waals surface area contributed by atoms with Crippen molar-refractivity contribution >= 4 is 34.9 Å². The Kier molecular flexibility index (Phi) is 5.66. The van der Waals surface area contributed by atoms with E-state index in [2.05, 4.69) is 5.32 Å². The Balaban J connectivity index is 2.02. The number of rotatable bonds is 5. The Bertz CT molecular complexity index is 856. The first-order valence-corrected chi connectivity index (χ1v) is 7.33. The molecule has 0 saturated heterocycles. The fraction of sp³-hybridized carbons (Fsp3) is 0.125. The lowest BCUT2D eigenvalue weighted by Crippen LogP contribution is -2.21. The van der Waals surface area contributed by atoms with Crippen molar-refractivity contribution < 1.29 is 23.6 Å². The molecule has 0 heterocycles. The summed E-state index contributed by atoms with van der Waals surface area (Å²) in [5, 5.41) is 13.1. The summed E-state index contributed by atoms with van der Waals surface area (Å²) in [4.78, 5) is 33.8. The fourth-order valence-corrected chi connectivity index (χ4v) is 2.10. The van der Waals surface area contributed by atoms with E-state index >= 15 is 0 Å². The van der Waals surface area contributed by atoms with Crippen molar-refractivity contribution in [3.8, 4) is 0 Å². The molecule has 0 aliphatic rings. The van der Waals surface area contributed by atoms with Crippen molar-refractivity contribution in [2.24, 2.45) is 0 Å². The first-order chi connectivity index (χ1) is 11.8. The largest absolute Gasteiger partial charge is 0.452 e. The maximum atomic E-state index is 13.2. The summed E-state index contributed by atoms with van der Waals surface area (Å²) >= 11 is 5.81. The van der Waals surface area contributed by atoms with Gasteiger partial charge in [0, 0.05) is 17.8 Å². The number of hydrogen-bond donors (Lipinski definition) is 1. The zero-order valence-corrected chi connectivity index (χ0v) is 13.7. The van der Waals surface area contributed by atoms with Gasteiger partial charge >= 0.3 is 5.97 Å². The third-order valence-electron chi connectivity index (χ3n) is 3.19. The number of nitrogens with zero attached hydrogens (tertiary/aromatic N) is 1. The van der Waals surface area contributed by atoms with E-state index in [9.17, 15) is 24.1 Å². The minimum absolute atomic E-state index is 0.0445. The van der Waals surface area contributed by atoms with Crippen LogP contribution in [0.4, 0.5) is 15.8 Å². The van der Waals surface area contributed by atoms with Crippen molar-refractivity contribution in [3.05, 3.63) is 68.5 Å². The second kappa shape index (κ2) is 7.71. The van der Waals surface area contributed by atoms with Gasteiger partial charge in [0.15, 0.2) is 6.61 Å². The van der Waals surface area contributed by atoms with Crippen LogP contribution in [0.1, 0.15) is 15.9 Å². The topological polar surface area (TPSA) is 98.5 Å². The molecule has 0 aliphatic carbocycles. The summed E-state index contributed by atoms with van der Waals surface area (Å²) < 4.78 is 18.0. The van der Waals surface area contributed by atoms with Gasteiger partial charge in [-0.2, -0.15) is 0 Å². The first-order valence-electron chi connectivity index (χ1n) is 6.95. The van der Waals surface area contributed by atoms with Crippen LogP contribution in [0.5, 0.6) is 0 Å². The van der Waals surface area contributed by atoms with Crippen molar-refractivity contribution in [1.82, 2.24) is 0 Å². The zero-order valence-electron chi connectivity index (χ0n) is 12.9. The number of nitrogens with one attached hydrogen (secondary N) is 1. The molecule has 0 bridgehead atoms. The highest BCUT2D eigenvalue weighted by atomic mass is 35.5. The van der Waals surface area contributed by atoms with Crippen molar-refractivity contribution in [3.63, 3.8) is 0 Å². The molecule has 0 atom stereocenters. The van der Waals surface area contributed by atoms with Gasteiger partial charge in [-0.25, -0.2) is 9.18 Å². The summed E-state index contributed by atoms with van der Waals surface area (Å²) in [6.07, 6.45) is 0. The molecule has 0 spiro atoms. The molecule has 0 aromatic heterocycles. The van der Waals surface area contributed by atoms with Crippen molar-refractivity contribution in [2.75, 3.05) is 11.9 Å². The van der Waals surface area contributed by atoms with Crippen molar-refractivity contribution in [1.29, 1.82) is 0 Å². The molecule has 2 aromatic carbocycles. The Morgan fingerprint density at radius 3 is 2.68 bits per heavy atom. The van der Waals surface area contributed by atoms with Crippen LogP contribution < -0.4 is 5.32 Å². The van der Waals surface area contributed by atoms with Crippen LogP contribution in [0.2, 0.25) is 5.02 Å². The van der Waals surface area contributed by atoms with Gasteiger partial charge in [-0.1, -0.05) is 17.7 Å². The average Bonchev–Trinajstić information content (AvgIpc) is 2.56. The van der Waals surface area contributed by atoms with Crippen LogP contribution in [-0.2, 0) is 9.53 Å². The van der Waals surface area contributed by atoms with Crippen LogP contribution in [0.3, 0.4) is 0 Å². The number of halogens is 2. The summed E-state index contributed by atoms with van der Waals surface area (Å²) in [5.41, 5.74) is 0.305. The van der Waals surface area contributed by atoms with Crippen LogP contribution in [0, 0.1) is 22.9 Å². The molecule has 2 rings (SSSR count). The first kappa shape index (κ1) is 18.3. The van der Waals surface area contributed by atoms with Crippen LogP contribution in [0.25, 0.3) is 0 Å². The molecule has 0 saturated carbocycles. The summed E-state index contributed by atoms with van der Waals surface area (Å²) in [6, 6.07) is 7.14. The standard InChI is InChI=1S/C16H12ClFN2O5/c1-9-2-3-10(18)6-14(9)19-15(21)8-25-16(22)12-7-11(20(23)24)4-5-13(12)17/h2-7H,8H2,1H3,(H,19,21). The summed E-state index contributed by atoms with van der Waals surface area (Å²) in [5.74, 6) is -2.20. The number of non-ortho nitro benzene ring substituents is 1. The molecular weight excluding hydrogens is 355 g/mol. The molecule has 2 aromatic rings. The number of nitro groups is 1. The van der Waals surface area contributed by atoms with E-state index in [0.717, 1.165) is 18.2 Å². The number of carbonyl (C=O) groups is 2. The minimum Gasteiger partial charge on any atom is -0.452 e. The fourth-order valence-electron chi connectivity index (χ4n) is 1.91. The zero-order chi connectivity index (χ0) is 18.6. The molecular formula is C16H12ClFN2O5. The maximum Gasteiger partial charge on any atom is 0.340 e. The predicted molar refractivity (Wildman–Crippen MR) is 88.2 cm³/mol. The van der Waals surface area contributed by atoms with E-state index in [1.165, 1.54) is 18.2 Å². The van der Waals surface area contributed by atoms with Crippen LogP contribution in [0.15, 0.2) is 36.4 Å². The highest BCUT2D eigenvalue weighted by Gasteiger charge is 2.18. The van der Waals surface area contributed by atoms with Crippen LogP contribution >= 0.6 is 11.6 Å². The third-order valence-corrected chi connectivity index (χ3v) is 3.52. The highest BCUT2D eigenvalue weighted by Crippen LogP contribution is 2.23. The number of ether oxygens (including phenoxy) is 1. The Hall–Kier alpha value is -3.00. The van der Waals surface area contributed by atoms with Gasteiger partial charge in [0.25, 0.3) is 11.6 Å². The smallest absolute Gasteiger partial charge is 0.340 e. The number of nitro benzene ring substituents is 1. The normalized spacial score (nSPS) is 10.2. The van der Waals surface area contributed by atoms with Gasteiger partial charge in [0.2, 0.25) is 0 Å². The van der Waals surface area contributed by atoms with Crippen molar-refractivity contribution in [2.45, 2.75) is 6.92 Å². The van der Waals surface area contributed by atoms with Gasteiger partial charge in [0.1, 0.15) is 5.82 Å². The van der Waals surface area contributed by atoms with E-state index in [4.69, 9.17) is 16.3 Å². The third kappa shape index (κ3) is 4.74. The van der Waals surface area contributed by atoms with Gasteiger partial charge in [-0.3, -0.25) is 14.9 Å². The molecule has 1 N–H and O–H groups in total. The number of aryl methyl sites for hydroxylation is 1. The molecule has 1 amide bonds. The number of esters is 1. The molecule has 0 radical (unpaired) electrons. The van der Waals surface area contributed by atoms with Gasteiger partial charge in [0.05, 0.1) is 15.5 Å². The summed E-state index contributed by atoms with van der Waals surface area (Å²) in [6.45, 7) is 1.01. The number of hydrogen-bond acceptors (Lipinski definition) is 5. The molecule has 25 heavy (non-hydrogen) atoms. The van der Waals surface area contributed by atoms with E-state index in [1.54, 1.807) is 6.92 Å².